The molecule has 0 bridgehead atoms. The summed E-state index contributed by atoms with van der Waals surface area (Å²) in [7, 11) is 0. The van der Waals surface area contributed by atoms with Gasteiger partial charge < -0.3 is 5.11 Å². The summed E-state index contributed by atoms with van der Waals surface area (Å²) >= 11 is 0. The molecule has 1 aromatic carbocycles. The lowest BCUT2D eigenvalue weighted by Gasteiger charge is -2.44. The summed E-state index contributed by atoms with van der Waals surface area (Å²) in [6.07, 6.45) is 11.9. The van der Waals surface area contributed by atoms with Crippen LogP contribution in [-0.2, 0) is 21.0 Å². The molecule has 1 aromatic rings. The van der Waals surface area contributed by atoms with Crippen LogP contribution in [0.25, 0.3) is 5.57 Å². The van der Waals surface area contributed by atoms with Crippen molar-refractivity contribution in [2.24, 2.45) is 0 Å². The molecule has 1 N–H and O–H groups in total. The van der Waals surface area contributed by atoms with Crippen LogP contribution in [0.2, 0.25) is 0 Å². The summed E-state index contributed by atoms with van der Waals surface area (Å²) in [6, 6.07) is 4.99. The summed E-state index contributed by atoms with van der Waals surface area (Å²) < 4.78 is 0. The number of hydrogen-bond donors (Lipinski definition) is 1. The van der Waals surface area contributed by atoms with E-state index in [4.69, 9.17) is 5.11 Å². The van der Waals surface area contributed by atoms with Crippen LogP contribution in [0.4, 0.5) is 0 Å². The molecule has 2 heteroatoms. The molecule has 0 saturated heterocycles. The number of rotatable bonds is 3. The largest absolute Gasteiger partial charge is 0.478 e. The molecule has 3 rings (SSSR count). The van der Waals surface area contributed by atoms with Crippen molar-refractivity contribution in [1.29, 1.82) is 0 Å². The van der Waals surface area contributed by atoms with Gasteiger partial charge >= 0.3 is 5.97 Å². The molecule has 2 aliphatic rings. The Morgan fingerprint density at radius 1 is 0.897 bits per heavy atom. The Bertz CT molecular complexity index is 920. The number of allylic oxidation sites excluding steroid dienone is 5. The molecule has 0 aliphatic heterocycles. The topological polar surface area (TPSA) is 37.3 Å². The monoisotopic (exact) mass is 392 g/mol. The van der Waals surface area contributed by atoms with Crippen LogP contribution in [0.1, 0.15) is 96.4 Å². The molecule has 0 saturated carbocycles. The van der Waals surface area contributed by atoms with Crippen molar-refractivity contribution in [3.8, 4) is 0 Å². The Morgan fingerprint density at radius 2 is 1.45 bits per heavy atom. The van der Waals surface area contributed by atoms with Gasteiger partial charge in [-0.3, -0.25) is 0 Å². The highest BCUT2D eigenvalue weighted by atomic mass is 16.4. The molecule has 0 fully saturated rings. The summed E-state index contributed by atoms with van der Waals surface area (Å²) in [4.78, 5) is 10.8. The second-order valence-corrected chi connectivity index (χ2v) is 10.9. The van der Waals surface area contributed by atoms with Gasteiger partial charge in [-0.15, -0.1) is 0 Å². The Kier molecular flexibility index (Phi) is 5.45. The Balaban J connectivity index is 2.13. The second kappa shape index (κ2) is 7.31. The van der Waals surface area contributed by atoms with Crippen molar-refractivity contribution < 1.29 is 9.90 Å². The van der Waals surface area contributed by atoms with Gasteiger partial charge in [0.15, 0.2) is 0 Å². The first-order chi connectivity index (χ1) is 13.3. The molecular formula is C27H36O2. The fraction of sp³-hybridized carbons (Fsp3) is 0.519. The van der Waals surface area contributed by atoms with Crippen molar-refractivity contribution in [2.75, 3.05) is 0 Å². The van der Waals surface area contributed by atoms with E-state index < -0.39 is 5.97 Å². The highest BCUT2D eigenvalue weighted by Gasteiger charge is 2.40. The number of aliphatic carboxylic acids is 1. The zero-order valence-corrected chi connectivity index (χ0v) is 19.1. The van der Waals surface area contributed by atoms with Crippen LogP contribution < -0.4 is 0 Å². The molecule has 0 atom stereocenters. The highest BCUT2D eigenvalue weighted by molar-refractivity contribution is 5.81. The van der Waals surface area contributed by atoms with Crippen LogP contribution in [0.15, 0.2) is 42.0 Å². The summed E-state index contributed by atoms with van der Waals surface area (Å²) in [5, 5.41) is 8.90. The van der Waals surface area contributed by atoms with Crippen LogP contribution in [0.5, 0.6) is 0 Å². The quantitative estimate of drug-likeness (QED) is 0.441. The number of benzene rings is 1. The van der Waals surface area contributed by atoms with Gasteiger partial charge in [0.05, 0.1) is 0 Å². The van der Waals surface area contributed by atoms with E-state index >= 15 is 0 Å². The fourth-order valence-electron chi connectivity index (χ4n) is 4.89. The zero-order chi connectivity index (χ0) is 21.6. The van der Waals surface area contributed by atoms with Crippen molar-refractivity contribution in [3.63, 3.8) is 0 Å². The van der Waals surface area contributed by atoms with E-state index in [-0.39, 0.29) is 16.2 Å². The minimum Gasteiger partial charge on any atom is -0.478 e. The van der Waals surface area contributed by atoms with Gasteiger partial charge in [-0.2, -0.15) is 0 Å². The van der Waals surface area contributed by atoms with E-state index in [1.807, 2.05) is 19.1 Å². The predicted molar refractivity (Wildman–Crippen MR) is 122 cm³/mol. The lowest BCUT2D eigenvalue weighted by atomic mass is 9.60. The lowest BCUT2D eigenvalue weighted by molar-refractivity contribution is -0.131. The van der Waals surface area contributed by atoms with Gasteiger partial charge in [-0.05, 0) is 82.3 Å². The molecular weight excluding hydrogens is 356 g/mol. The van der Waals surface area contributed by atoms with E-state index in [1.54, 1.807) is 0 Å². The van der Waals surface area contributed by atoms with E-state index in [2.05, 4.69) is 59.8 Å². The molecule has 0 unspecified atom stereocenters. The number of carboxylic acids is 1. The minimum absolute atomic E-state index is 0.169. The third kappa shape index (κ3) is 4.27. The first kappa shape index (κ1) is 21.6. The van der Waals surface area contributed by atoms with E-state index in [9.17, 15) is 4.79 Å². The van der Waals surface area contributed by atoms with Crippen molar-refractivity contribution in [1.82, 2.24) is 0 Å². The van der Waals surface area contributed by atoms with Crippen LogP contribution in [0.3, 0.4) is 0 Å². The van der Waals surface area contributed by atoms with Crippen molar-refractivity contribution in [3.05, 3.63) is 64.3 Å². The molecule has 0 heterocycles. The van der Waals surface area contributed by atoms with Gasteiger partial charge in [0.2, 0.25) is 0 Å². The third-order valence-electron chi connectivity index (χ3n) is 7.09. The van der Waals surface area contributed by atoms with E-state index in [0.717, 1.165) is 18.4 Å². The predicted octanol–water partition coefficient (Wildman–Crippen LogP) is 7.08. The Hall–Kier alpha value is -2.09. The maximum absolute atomic E-state index is 10.8. The highest BCUT2D eigenvalue weighted by Crippen LogP contribution is 2.51. The molecule has 0 aromatic heterocycles. The number of carboxylic acid groups (broad SMARTS) is 1. The molecule has 156 valence electrons. The number of hydrogen-bond acceptors (Lipinski definition) is 1. The smallest absolute Gasteiger partial charge is 0.328 e. The summed E-state index contributed by atoms with van der Waals surface area (Å²) in [5.41, 5.74) is 8.57. The van der Waals surface area contributed by atoms with E-state index in [0.29, 0.717) is 0 Å². The number of fused-ring (bicyclic) bond motifs is 2. The first-order valence-corrected chi connectivity index (χ1v) is 10.8. The van der Waals surface area contributed by atoms with Crippen molar-refractivity contribution >= 4 is 11.5 Å². The third-order valence-corrected chi connectivity index (χ3v) is 7.09. The summed E-state index contributed by atoms with van der Waals surface area (Å²) in [5.74, 6) is -0.902. The van der Waals surface area contributed by atoms with Gasteiger partial charge in [0.25, 0.3) is 0 Å². The summed E-state index contributed by atoms with van der Waals surface area (Å²) in [6.45, 7) is 16.1. The first-order valence-electron chi connectivity index (χ1n) is 10.8. The average Bonchev–Trinajstić information content (AvgIpc) is 2.60. The average molecular weight is 393 g/mol. The molecule has 0 radical (unpaired) electrons. The molecule has 2 nitrogen and oxygen atoms in total. The van der Waals surface area contributed by atoms with Gasteiger partial charge in [-0.25, -0.2) is 4.79 Å². The van der Waals surface area contributed by atoms with Crippen LogP contribution in [0, 0.1) is 0 Å². The lowest BCUT2D eigenvalue weighted by Crippen LogP contribution is -2.35. The van der Waals surface area contributed by atoms with Crippen LogP contribution >= 0.6 is 0 Å². The Morgan fingerprint density at radius 3 is 2.03 bits per heavy atom. The molecule has 0 spiro atoms. The Labute approximate surface area is 176 Å². The fourth-order valence-corrected chi connectivity index (χ4v) is 4.89. The molecule has 2 aliphatic carbocycles. The van der Waals surface area contributed by atoms with Gasteiger partial charge in [0, 0.05) is 6.08 Å². The van der Waals surface area contributed by atoms with Gasteiger partial charge in [0.1, 0.15) is 0 Å². The molecule has 29 heavy (non-hydrogen) atoms. The van der Waals surface area contributed by atoms with E-state index in [1.165, 1.54) is 46.7 Å². The zero-order valence-electron chi connectivity index (χ0n) is 19.1. The normalized spacial score (nSPS) is 23.7. The van der Waals surface area contributed by atoms with Gasteiger partial charge in [-0.1, -0.05) is 71.9 Å². The van der Waals surface area contributed by atoms with Crippen molar-refractivity contribution in [2.45, 2.75) is 90.4 Å². The molecule has 0 amide bonds. The maximum atomic E-state index is 10.8. The number of carbonyl (C=O) groups is 1. The minimum atomic E-state index is -0.902. The second-order valence-electron chi connectivity index (χ2n) is 10.9. The maximum Gasteiger partial charge on any atom is 0.328 e. The van der Waals surface area contributed by atoms with Crippen LogP contribution in [-0.4, -0.2) is 11.1 Å². The SMILES string of the molecule is CC(C=CC=C1CCC(C)(C)c2cc3c(cc21)C(C)(C)CCC3(C)C)=CC(=O)O. The standard InChI is InChI=1S/C27H36O2/c1-18(15-24(28)29)9-8-10-19-11-12-25(2,3)21-17-23-22(16-20(19)21)26(4,5)13-14-27(23,6)7/h8-10,15-17H,11-14H2,1-7H3,(H,28,29).